The van der Waals surface area contributed by atoms with Gasteiger partial charge in [-0.05, 0) is 6.92 Å². The van der Waals surface area contributed by atoms with E-state index in [1.54, 1.807) is 0 Å². The van der Waals surface area contributed by atoms with E-state index in [1.165, 1.54) is 6.92 Å². The van der Waals surface area contributed by atoms with Crippen molar-refractivity contribution in [2.45, 2.75) is 179 Å². The molecule has 0 bridgehead atoms. The molecule has 5 fully saturated rings. The van der Waals surface area contributed by atoms with Crippen LogP contribution in [-0.4, -0.2) is 309 Å². The molecule has 29 nitrogen and oxygen atoms in total. The smallest absolute Gasteiger partial charge is 0.187 e. The molecule has 0 spiro atoms. The predicted octanol–water partition coefficient (Wildman–Crippen LogP) is -12.8. The highest BCUT2D eigenvalue weighted by atomic mass is 16.8. The van der Waals surface area contributed by atoms with Crippen molar-refractivity contribution < 1.29 is 144 Å². The Labute approximate surface area is 362 Å². The fourth-order valence-electron chi connectivity index (χ4n) is 7.63. The minimum Gasteiger partial charge on any atom is -0.394 e. The molecule has 0 aromatic heterocycles. The van der Waals surface area contributed by atoms with E-state index in [2.05, 4.69) is 0 Å². The zero-order valence-corrected chi connectivity index (χ0v) is 34.0. The minimum absolute atomic E-state index is 0.660. The molecular weight excluding hydrogens is 884 g/mol. The second-order valence-corrected chi connectivity index (χ2v) is 16.1. The summed E-state index contributed by atoms with van der Waals surface area (Å²) in [5.41, 5.74) is 0. The van der Waals surface area contributed by atoms with Crippen LogP contribution in [0, 0.1) is 0 Å². The Hall–Kier alpha value is -1.16. The van der Waals surface area contributed by atoms with Crippen LogP contribution in [-0.2, 0) is 47.4 Å². The molecule has 5 aliphatic heterocycles. The van der Waals surface area contributed by atoms with Crippen LogP contribution < -0.4 is 0 Å². The van der Waals surface area contributed by atoms with E-state index >= 15 is 0 Å². The lowest BCUT2D eigenvalue weighted by Crippen LogP contribution is -2.66. The van der Waals surface area contributed by atoms with Crippen molar-refractivity contribution in [3.63, 3.8) is 0 Å². The van der Waals surface area contributed by atoms with Crippen LogP contribution >= 0.6 is 0 Å². The molecule has 19 N–H and O–H groups in total. The number of hydrogen-bond acceptors (Lipinski definition) is 29. The molecule has 28 atom stereocenters. The van der Waals surface area contributed by atoms with Crippen LogP contribution in [0.5, 0.6) is 0 Å². The quantitative estimate of drug-likeness (QED) is 0.0606. The predicted molar refractivity (Wildman–Crippen MR) is 194 cm³/mol. The van der Waals surface area contributed by atoms with Gasteiger partial charge in [-0.2, -0.15) is 0 Å². The topological polar surface area (TPSA) is 477 Å². The summed E-state index contributed by atoms with van der Waals surface area (Å²) in [6, 6.07) is 0. The van der Waals surface area contributed by atoms with Crippen molar-refractivity contribution in [1.82, 2.24) is 0 Å². The highest BCUT2D eigenvalue weighted by Gasteiger charge is 2.55. The fraction of sp³-hybridized carbons (Fsp3) is 1.00. The van der Waals surface area contributed by atoms with Crippen molar-refractivity contribution in [3.8, 4) is 0 Å². The Morgan fingerprint density at radius 1 is 0.469 bits per heavy atom. The normalized spacial score (nSPS) is 48.9. The Bertz CT molecular complexity index is 1390. The molecule has 5 saturated heterocycles. The van der Waals surface area contributed by atoms with Gasteiger partial charge in [0.15, 0.2) is 31.5 Å². The third-order valence-corrected chi connectivity index (χ3v) is 11.6. The average Bonchev–Trinajstić information content (AvgIpc) is 3.28. The van der Waals surface area contributed by atoms with Gasteiger partial charge in [0, 0.05) is 0 Å². The maximum absolute atomic E-state index is 11.4. The number of hydrogen-bond donors (Lipinski definition) is 19. The largest absolute Gasteiger partial charge is 0.394 e. The first-order chi connectivity index (χ1) is 30.2. The van der Waals surface area contributed by atoms with Gasteiger partial charge in [0.05, 0.1) is 45.7 Å². The van der Waals surface area contributed by atoms with Crippen LogP contribution in [0.25, 0.3) is 0 Å². The van der Waals surface area contributed by atoms with Gasteiger partial charge in [-0.25, -0.2) is 0 Å². The fourth-order valence-corrected chi connectivity index (χ4v) is 7.63. The van der Waals surface area contributed by atoms with Crippen LogP contribution in [0.4, 0.5) is 0 Å². The summed E-state index contributed by atoms with van der Waals surface area (Å²) in [4.78, 5) is 0. The maximum atomic E-state index is 11.4. The second kappa shape index (κ2) is 23.4. The third-order valence-electron chi connectivity index (χ3n) is 11.6. The summed E-state index contributed by atoms with van der Waals surface area (Å²) in [5, 5.41) is 198. The molecule has 0 aromatic carbocycles. The van der Waals surface area contributed by atoms with E-state index < -0.39 is 211 Å². The lowest BCUT2D eigenvalue weighted by atomic mass is 9.96. The van der Waals surface area contributed by atoms with Gasteiger partial charge in [0.1, 0.15) is 134 Å². The van der Waals surface area contributed by atoms with Crippen LogP contribution in [0.15, 0.2) is 0 Å². The van der Waals surface area contributed by atoms with E-state index in [0.29, 0.717) is 0 Å². The highest BCUT2D eigenvalue weighted by Crippen LogP contribution is 2.35. The van der Waals surface area contributed by atoms with E-state index in [4.69, 9.17) is 47.4 Å². The first-order valence-corrected chi connectivity index (χ1v) is 20.3. The molecule has 0 aliphatic carbocycles. The SMILES string of the molecule is C[C@@H]1O[C@@H](O[C@H]2[C@H](O[C@H]3[C@@H](OC[C@H]4O[C@@H](O[C@@H]([C@H](O)[C@@H](O)CO)[C@H](O)CO)[C@H](O)[C@@H](O)[C@@H]4O[C@@H]4O[C@H](CO)[C@@H](O)[C@H](O)[C@H]4O)OC[C@@H](O)[C@@H]3O)O[C@H](CO)[C@H](O)[C@@H]2O)[C@@H](O)[C@H](O)[C@@H]1O. The monoisotopic (exact) mass is 946 g/mol. The second-order valence-electron chi connectivity index (χ2n) is 16.1. The molecule has 0 unspecified atom stereocenters. The molecule has 0 aromatic rings. The summed E-state index contributed by atoms with van der Waals surface area (Å²) in [5.74, 6) is 0. The molecule has 5 rings (SSSR count). The zero-order valence-electron chi connectivity index (χ0n) is 34.0. The van der Waals surface area contributed by atoms with E-state index in [0.717, 1.165) is 0 Å². The van der Waals surface area contributed by atoms with Crippen molar-refractivity contribution >= 4 is 0 Å². The van der Waals surface area contributed by atoms with Crippen molar-refractivity contribution in [2.24, 2.45) is 0 Å². The number of rotatable bonds is 18. The molecule has 5 aliphatic rings. The lowest BCUT2D eigenvalue weighted by Gasteiger charge is -2.48. The van der Waals surface area contributed by atoms with Crippen molar-refractivity contribution in [2.75, 3.05) is 39.6 Å². The van der Waals surface area contributed by atoms with Gasteiger partial charge in [-0.15, -0.1) is 0 Å². The van der Waals surface area contributed by atoms with Crippen molar-refractivity contribution in [1.29, 1.82) is 0 Å². The number of aliphatic hydroxyl groups is 19. The van der Waals surface area contributed by atoms with Crippen LogP contribution in [0.1, 0.15) is 6.92 Å². The van der Waals surface area contributed by atoms with Crippen molar-refractivity contribution in [3.05, 3.63) is 0 Å². The standard InChI is InChI=1S/C35H62O29/c1-8-15(43)20(48)24(52)31(57-8)63-30-22(50)19(47)13(5-39)59-35(30)64-29-17(45)11(42)6-55-34(29)56-7-14-28(62-32-25(53)21(49)18(46)12(4-38)58-32)23(51)26(54)33(60-14)61-27(10(41)3-37)16(44)9(40)2-36/h8-54H,2-7H2,1H3/t8-,9-,10+,11+,12+,13+,14+,15+,16+,17-,18+,19-,20+,21-,22-,23+,24-,25+,26+,27+,28+,29+,30+,31-,32-,33-,34+,35-/m0/s1. The average molecular weight is 947 g/mol. The minimum atomic E-state index is -2.24. The van der Waals surface area contributed by atoms with Gasteiger partial charge in [0.2, 0.25) is 0 Å². The van der Waals surface area contributed by atoms with Gasteiger partial charge in [0.25, 0.3) is 0 Å². The third kappa shape index (κ3) is 11.6. The van der Waals surface area contributed by atoms with Gasteiger partial charge in [-0.1, -0.05) is 0 Å². The van der Waals surface area contributed by atoms with Gasteiger partial charge >= 0.3 is 0 Å². The highest BCUT2D eigenvalue weighted by molar-refractivity contribution is 4.97. The molecule has 29 heteroatoms. The molecular formula is C35H62O29. The maximum Gasteiger partial charge on any atom is 0.187 e. The number of ether oxygens (including phenoxy) is 10. The molecule has 0 radical (unpaired) electrons. The molecule has 5 heterocycles. The van der Waals surface area contributed by atoms with E-state index in [1.807, 2.05) is 0 Å². The number of aliphatic hydroxyl groups excluding tert-OH is 19. The Morgan fingerprint density at radius 2 is 0.938 bits per heavy atom. The molecule has 0 saturated carbocycles. The van der Waals surface area contributed by atoms with E-state index in [-0.39, 0.29) is 0 Å². The first kappa shape index (κ1) is 53.8. The van der Waals surface area contributed by atoms with Crippen LogP contribution in [0.2, 0.25) is 0 Å². The molecule has 376 valence electrons. The van der Waals surface area contributed by atoms with Gasteiger partial charge < -0.3 is 144 Å². The zero-order chi connectivity index (χ0) is 47.5. The Balaban J connectivity index is 1.42. The van der Waals surface area contributed by atoms with Crippen LogP contribution in [0.3, 0.4) is 0 Å². The summed E-state index contributed by atoms with van der Waals surface area (Å²) in [6.07, 6.45) is -53.2. The first-order valence-electron chi connectivity index (χ1n) is 20.3. The lowest BCUT2D eigenvalue weighted by molar-refractivity contribution is -0.392. The summed E-state index contributed by atoms with van der Waals surface area (Å²) < 4.78 is 56.6. The van der Waals surface area contributed by atoms with Gasteiger partial charge in [-0.3, -0.25) is 0 Å². The summed E-state index contributed by atoms with van der Waals surface area (Å²) in [7, 11) is 0. The summed E-state index contributed by atoms with van der Waals surface area (Å²) in [6.45, 7) is -4.30. The Kier molecular flexibility index (Phi) is 19.7. The summed E-state index contributed by atoms with van der Waals surface area (Å²) >= 11 is 0. The Morgan fingerprint density at radius 3 is 1.53 bits per heavy atom. The van der Waals surface area contributed by atoms with E-state index in [9.17, 15) is 97.0 Å². The molecule has 0 amide bonds. The molecule has 64 heavy (non-hydrogen) atoms.